The van der Waals surface area contributed by atoms with E-state index in [1.807, 2.05) is 6.07 Å². The lowest BCUT2D eigenvalue weighted by atomic mass is 10.1. The zero-order chi connectivity index (χ0) is 20.5. The van der Waals surface area contributed by atoms with Crippen LogP contribution in [0.1, 0.15) is 41.0 Å². The van der Waals surface area contributed by atoms with Gasteiger partial charge in [0, 0.05) is 17.0 Å². The Morgan fingerprint density at radius 3 is 2.77 bits per heavy atom. The van der Waals surface area contributed by atoms with Crippen LogP contribution in [0, 0.1) is 0 Å². The number of H-pyrrole nitrogens is 1. The van der Waals surface area contributed by atoms with Crippen molar-refractivity contribution in [2.24, 2.45) is 0 Å². The van der Waals surface area contributed by atoms with E-state index in [2.05, 4.69) is 20.4 Å². The predicted octanol–water partition coefficient (Wildman–Crippen LogP) is 3.62. The third-order valence-electron chi connectivity index (χ3n) is 4.89. The Kier molecular flexibility index (Phi) is 4.51. The molecule has 0 bridgehead atoms. The van der Waals surface area contributed by atoms with Crippen LogP contribution in [-0.2, 0) is 6.61 Å². The fourth-order valence-corrected chi connectivity index (χ4v) is 3.14. The zero-order valence-corrected chi connectivity index (χ0v) is 15.9. The van der Waals surface area contributed by atoms with Gasteiger partial charge in [0.25, 0.3) is 11.5 Å². The molecule has 30 heavy (non-hydrogen) atoms. The highest BCUT2D eigenvalue weighted by molar-refractivity contribution is 6.04. The highest BCUT2D eigenvalue weighted by Gasteiger charge is 2.29. The summed E-state index contributed by atoms with van der Waals surface area (Å²) in [5, 5.41) is 7.94. The number of aromatic amines is 1. The molecule has 0 spiro atoms. The second-order valence-electron chi connectivity index (χ2n) is 7.19. The molecule has 150 valence electrons. The number of pyridine rings is 1. The summed E-state index contributed by atoms with van der Waals surface area (Å²) in [5.74, 6) is 1.82. The fourth-order valence-electron chi connectivity index (χ4n) is 3.14. The Morgan fingerprint density at radius 1 is 1.17 bits per heavy atom. The minimum Gasteiger partial charge on any atom is -0.485 e. The molecule has 1 amide bonds. The lowest BCUT2D eigenvalue weighted by Crippen LogP contribution is -2.18. The lowest BCUT2D eigenvalue weighted by molar-refractivity contribution is 0.102. The molecule has 5 rings (SSSR count). The SMILES string of the molecule is O=C(Nc1ccc(OCc2noc(C3CC3)n2)cc1)c1cc2ccccc2c(=O)[nH]1. The number of carbonyl (C=O) groups excluding carboxylic acids is 1. The van der Waals surface area contributed by atoms with Gasteiger partial charge in [-0.2, -0.15) is 4.98 Å². The molecule has 0 aliphatic heterocycles. The normalized spacial score (nSPS) is 13.3. The van der Waals surface area contributed by atoms with Gasteiger partial charge in [0.2, 0.25) is 11.7 Å². The van der Waals surface area contributed by atoms with Crippen molar-refractivity contribution in [1.82, 2.24) is 15.1 Å². The maximum atomic E-state index is 12.5. The number of rotatable bonds is 6. The van der Waals surface area contributed by atoms with E-state index in [1.165, 1.54) is 0 Å². The van der Waals surface area contributed by atoms with Gasteiger partial charge >= 0.3 is 0 Å². The van der Waals surface area contributed by atoms with Gasteiger partial charge in [-0.3, -0.25) is 9.59 Å². The van der Waals surface area contributed by atoms with E-state index in [9.17, 15) is 9.59 Å². The highest BCUT2D eigenvalue weighted by atomic mass is 16.5. The molecular formula is C22H18N4O4. The smallest absolute Gasteiger partial charge is 0.272 e. The van der Waals surface area contributed by atoms with Crippen molar-refractivity contribution >= 4 is 22.4 Å². The number of nitrogens with zero attached hydrogens (tertiary/aromatic N) is 2. The fraction of sp³-hybridized carbons (Fsp3) is 0.182. The second-order valence-corrected chi connectivity index (χ2v) is 7.19. The molecule has 1 saturated carbocycles. The van der Waals surface area contributed by atoms with E-state index in [4.69, 9.17) is 9.26 Å². The van der Waals surface area contributed by atoms with Gasteiger partial charge in [-0.1, -0.05) is 23.4 Å². The zero-order valence-electron chi connectivity index (χ0n) is 15.9. The standard InChI is InChI=1S/C22H18N4O4/c27-20-17-4-2-1-3-14(17)11-18(24-20)21(28)23-15-7-9-16(10-8-15)29-12-19-25-22(30-26-19)13-5-6-13/h1-4,7-11,13H,5-6,12H2,(H,23,28)(H,24,27). The first-order chi connectivity index (χ1) is 14.7. The van der Waals surface area contributed by atoms with Gasteiger partial charge < -0.3 is 19.6 Å². The van der Waals surface area contributed by atoms with Crippen LogP contribution in [0.25, 0.3) is 10.8 Å². The largest absolute Gasteiger partial charge is 0.485 e. The van der Waals surface area contributed by atoms with Crippen LogP contribution in [0.2, 0.25) is 0 Å². The predicted molar refractivity (Wildman–Crippen MR) is 110 cm³/mol. The van der Waals surface area contributed by atoms with Gasteiger partial charge in [-0.15, -0.1) is 0 Å². The van der Waals surface area contributed by atoms with E-state index in [0.717, 1.165) is 12.8 Å². The molecular weight excluding hydrogens is 384 g/mol. The lowest BCUT2D eigenvalue weighted by Gasteiger charge is -2.08. The van der Waals surface area contributed by atoms with Crippen molar-refractivity contribution in [3.05, 3.63) is 82.4 Å². The van der Waals surface area contributed by atoms with Gasteiger partial charge in [0.15, 0.2) is 6.61 Å². The third kappa shape index (κ3) is 3.80. The van der Waals surface area contributed by atoms with Crippen molar-refractivity contribution in [2.75, 3.05) is 5.32 Å². The number of ether oxygens (including phenoxy) is 1. The number of anilines is 1. The Labute approximate surface area is 170 Å². The van der Waals surface area contributed by atoms with E-state index in [0.29, 0.717) is 39.8 Å². The monoisotopic (exact) mass is 402 g/mol. The van der Waals surface area contributed by atoms with E-state index >= 15 is 0 Å². The van der Waals surface area contributed by atoms with Gasteiger partial charge in [0.1, 0.15) is 11.4 Å². The van der Waals surface area contributed by atoms with Gasteiger partial charge in [-0.25, -0.2) is 0 Å². The van der Waals surface area contributed by atoms with E-state index < -0.39 is 5.91 Å². The summed E-state index contributed by atoms with van der Waals surface area (Å²) in [4.78, 5) is 31.6. The molecule has 0 saturated heterocycles. The molecule has 1 fully saturated rings. The molecule has 2 heterocycles. The number of hydrogen-bond donors (Lipinski definition) is 2. The molecule has 0 atom stereocenters. The molecule has 0 radical (unpaired) electrons. The van der Waals surface area contributed by atoms with Crippen molar-refractivity contribution in [3.63, 3.8) is 0 Å². The average molecular weight is 402 g/mol. The number of benzene rings is 2. The third-order valence-corrected chi connectivity index (χ3v) is 4.89. The van der Waals surface area contributed by atoms with Crippen molar-refractivity contribution in [3.8, 4) is 5.75 Å². The number of nitrogens with one attached hydrogen (secondary N) is 2. The maximum Gasteiger partial charge on any atom is 0.272 e. The number of aromatic nitrogens is 3. The van der Waals surface area contributed by atoms with E-state index in [-0.39, 0.29) is 17.9 Å². The van der Waals surface area contributed by atoms with Crippen LogP contribution in [0.15, 0.2) is 63.9 Å². The van der Waals surface area contributed by atoms with E-state index in [1.54, 1.807) is 48.5 Å². The quantitative estimate of drug-likeness (QED) is 0.510. The van der Waals surface area contributed by atoms with Gasteiger partial charge in [0.05, 0.1) is 0 Å². The first-order valence-electron chi connectivity index (χ1n) is 9.64. The second kappa shape index (κ2) is 7.47. The summed E-state index contributed by atoms with van der Waals surface area (Å²) in [6.07, 6.45) is 2.20. The molecule has 8 heteroatoms. The van der Waals surface area contributed by atoms with Crippen LogP contribution < -0.4 is 15.6 Å². The summed E-state index contributed by atoms with van der Waals surface area (Å²) < 4.78 is 10.9. The average Bonchev–Trinajstić information content (AvgIpc) is 3.51. The van der Waals surface area contributed by atoms with Crippen LogP contribution in [0.3, 0.4) is 0 Å². The van der Waals surface area contributed by atoms with Crippen LogP contribution in [0.4, 0.5) is 5.69 Å². The number of fused-ring (bicyclic) bond motifs is 1. The summed E-state index contributed by atoms with van der Waals surface area (Å²) in [7, 11) is 0. The topological polar surface area (TPSA) is 110 Å². The molecule has 1 aliphatic rings. The molecule has 2 aromatic heterocycles. The molecule has 2 N–H and O–H groups in total. The summed E-state index contributed by atoms with van der Waals surface area (Å²) in [6.45, 7) is 0.209. The van der Waals surface area contributed by atoms with Crippen molar-refractivity contribution in [2.45, 2.75) is 25.4 Å². The van der Waals surface area contributed by atoms with Crippen molar-refractivity contribution < 1.29 is 14.1 Å². The molecule has 4 aromatic rings. The summed E-state index contributed by atoms with van der Waals surface area (Å²) >= 11 is 0. The Hall–Kier alpha value is -3.94. The molecule has 1 aliphatic carbocycles. The van der Waals surface area contributed by atoms with Crippen molar-refractivity contribution in [1.29, 1.82) is 0 Å². The maximum absolute atomic E-state index is 12.5. The first kappa shape index (κ1) is 18.1. The minimum atomic E-state index is -0.397. The summed E-state index contributed by atoms with van der Waals surface area (Å²) in [5.41, 5.74) is 0.479. The number of hydrogen-bond acceptors (Lipinski definition) is 6. The Balaban J connectivity index is 1.23. The molecule has 0 unspecified atom stereocenters. The summed E-state index contributed by atoms with van der Waals surface area (Å²) in [6, 6.07) is 15.7. The first-order valence-corrected chi connectivity index (χ1v) is 9.64. The van der Waals surface area contributed by atoms with Crippen LogP contribution in [0.5, 0.6) is 5.75 Å². The highest BCUT2D eigenvalue weighted by Crippen LogP contribution is 2.38. The Bertz CT molecular complexity index is 1270. The van der Waals surface area contributed by atoms with Crippen LogP contribution >= 0.6 is 0 Å². The van der Waals surface area contributed by atoms with Gasteiger partial charge in [-0.05, 0) is 54.6 Å². The minimum absolute atomic E-state index is 0.197. The molecule has 8 nitrogen and oxygen atoms in total. The molecule has 2 aromatic carbocycles. The number of carbonyl (C=O) groups is 1. The Morgan fingerprint density at radius 2 is 1.97 bits per heavy atom. The van der Waals surface area contributed by atoms with Crippen LogP contribution in [-0.4, -0.2) is 21.0 Å². The number of amides is 1.